The molecular formula is C11H15FN2O. The molecule has 0 aromatic heterocycles. The smallest absolute Gasteiger partial charge is 0.125 e. The molecule has 1 aromatic rings. The van der Waals surface area contributed by atoms with Crippen LogP contribution in [-0.4, -0.2) is 32.3 Å². The summed E-state index contributed by atoms with van der Waals surface area (Å²) in [6.07, 6.45) is 0. The van der Waals surface area contributed by atoms with Gasteiger partial charge in [0.25, 0.3) is 0 Å². The second-order valence-electron chi connectivity index (χ2n) is 3.64. The lowest BCUT2D eigenvalue weighted by atomic mass is 10.2. The van der Waals surface area contributed by atoms with Gasteiger partial charge in [-0.2, -0.15) is 0 Å². The standard InChI is InChI=1S/C11H15FN2O/c12-9-2-1-3-10(6-9)14-4-5-15-8-11(14)7-13/h1-3,6,11H,4-5,7-8,13H2. The Morgan fingerprint density at radius 2 is 2.40 bits per heavy atom. The summed E-state index contributed by atoms with van der Waals surface area (Å²) in [5.74, 6) is -0.213. The van der Waals surface area contributed by atoms with Crippen LogP contribution in [-0.2, 0) is 4.74 Å². The van der Waals surface area contributed by atoms with Crippen LogP contribution >= 0.6 is 0 Å². The lowest BCUT2D eigenvalue weighted by Crippen LogP contribution is -2.49. The SMILES string of the molecule is NCC1COCCN1c1cccc(F)c1. The predicted octanol–water partition coefficient (Wildman–Crippen LogP) is 0.990. The molecule has 0 radical (unpaired) electrons. The molecule has 82 valence electrons. The molecule has 1 saturated heterocycles. The first-order valence-corrected chi connectivity index (χ1v) is 5.11. The third-order valence-electron chi connectivity index (χ3n) is 2.64. The van der Waals surface area contributed by atoms with E-state index in [2.05, 4.69) is 4.90 Å². The third-order valence-corrected chi connectivity index (χ3v) is 2.64. The van der Waals surface area contributed by atoms with Gasteiger partial charge in [-0.3, -0.25) is 0 Å². The topological polar surface area (TPSA) is 38.5 Å². The van der Waals surface area contributed by atoms with E-state index in [0.29, 0.717) is 19.8 Å². The molecule has 1 aromatic carbocycles. The van der Waals surface area contributed by atoms with Crippen LogP contribution in [0.15, 0.2) is 24.3 Å². The zero-order valence-electron chi connectivity index (χ0n) is 8.53. The molecule has 0 saturated carbocycles. The zero-order chi connectivity index (χ0) is 10.7. The molecule has 2 N–H and O–H groups in total. The van der Waals surface area contributed by atoms with E-state index < -0.39 is 0 Å². The molecule has 1 atom stereocenters. The van der Waals surface area contributed by atoms with Gasteiger partial charge in [-0.05, 0) is 18.2 Å². The summed E-state index contributed by atoms with van der Waals surface area (Å²) in [6, 6.07) is 6.75. The fourth-order valence-electron chi connectivity index (χ4n) is 1.84. The summed E-state index contributed by atoms with van der Waals surface area (Å²) >= 11 is 0. The van der Waals surface area contributed by atoms with Crippen LogP contribution in [0.3, 0.4) is 0 Å². The van der Waals surface area contributed by atoms with Crippen LogP contribution in [0.5, 0.6) is 0 Å². The molecule has 15 heavy (non-hydrogen) atoms. The van der Waals surface area contributed by atoms with Crippen LogP contribution in [0.4, 0.5) is 10.1 Å². The molecule has 1 aliphatic heterocycles. The van der Waals surface area contributed by atoms with Gasteiger partial charge in [0.2, 0.25) is 0 Å². The number of nitrogens with two attached hydrogens (primary N) is 1. The average Bonchev–Trinajstić information content (AvgIpc) is 2.29. The van der Waals surface area contributed by atoms with Crippen molar-refractivity contribution in [2.24, 2.45) is 5.73 Å². The van der Waals surface area contributed by atoms with Crippen molar-refractivity contribution in [3.05, 3.63) is 30.1 Å². The van der Waals surface area contributed by atoms with Crippen molar-refractivity contribution in [3.63, 3.8) is 0 Å². The Balaban J connectivity index is 2.20. The highest BCUT2D eigenvalue weighted by Gasteiger charge is 2.21. The van der Waals surface area contributed by atoms with E-state index in [-0.39, 0.29) is 11.9 Å². The Hall–Kier alpha value is -1.13. The number of halogens is 1. The Morgan fingerprint density at radius 3 is 3.13 bits per heavy atom. The Kier molecular flexibility index (Phi) is 3.18. The van der Waals surface area contributed by atoms with Gasteiger partial charge in [-0.1, -0.05) is 6.07 Å². The molecule has 1 aliphatic rings. The molecule has 1 heterocycles. The quantitative estimate of drug-likeness (QED) is 0.791. The minimum Gasteiger partial charge on any atom is -0.377 e. The summed E-state index contributed by atoms with van der Waals surface area (Å²) < 4.78 is 18.4. The summed E-state index contributed by atoms with van der Waals surface area (Å²) in [7, 11) is 0. The Bertz CT molecular complexity index is 332. The van der Waals surface area contributed by atoms with Crippen molar-refractivity contribution in [2.75, 3.05) is 31.2 Å². The number of rotatable bonds is 2. The maximum absolute atomic E-state index is 13.1. The van der Waals surface area contributed by atoms with E-state index in [1.165, 1.54) is 12.1 Å². The van der Waals surface area contributed by atoms with Gasteiger partial charge in [0.15, 0.2) is 0 Å². The van der Waals surface area contributed by atoms with Crippen molar-refractivity contribution >= 4 is 5.69 Å². The highest BCUT2D eigenvalue weighted by Crippen LogP contribution is 2.19. The Labute approximate surface area is 88.6 Å². The van der Waals surface area contributed by atoms with Gasteiger partial charge in [-0.25, -0.2) is 4.39 Å². The summed E-state index contributed by atoms with van der Waals surface area (Å²) in [5, 5.41) is 0. The molecule has 0 spiro atoms. The van der Waals surface area contributed by atoms with Gasteiger partial charge < -0.3 is 15.4 Å². The molecular weight excluding hydrogens is 195 g/mol. The number of hydrogen-bond donors (Lipinski definition) is 1. The minimum absolute atomic E-state index is 0.153. The molecule has 0 amide bonds. The molecule has 2 rings (SSSR count). The fraction of sp³-hybridized carbons (Fsp3) is 0.455. The first-order valence-electron chi connectivity index (χ1n) is 5.11. The maximum atomic E-state index is 13.1. The van der Waals surface area contributed by atoms with Gasteiger partial charge in [0, 0.05) is 18.8 Å². The van der Waals surface area contributed by atoms with Crippen LogP contribution in [0.25, 0.3) is 0 Å². The van der Waals surface area contributed by atoms with Crippen molar-refractivity contribution in [1.82, 2.24) is 0 Å². The van der Waals surface area contributed by atoms with Crippen LogP contribution in [0, 0.1) is 5.82 Å². The molecule has 3 nitrogen and oxygen atoms in total. The summed E-state index contributed by atoms with van der Waals surface area (Å²) in [5.41, 5.74) is 6.54. The largest absolute Gasteiger partial charge is 0.377 e. The molecule has 0 bridgehead atoms. The molecule has 0 aliphatic carbocycles. The number of morpholine rings is 1. The minimum atomic E-state index is -0.213. The van der Waals surface area contributed by atoms with Crippen molar-refractivity contribution < 1.29 is 9.13 Å². The molecule has 1 fully saturated rings. The maximum Gasteiger partial charge on any atom is 0.125 e. The summed E-state index contributed by atoms with van der Waals surface area (Å²) in [6.45, 7) is 2.59. The van der Waals surface area contributed by atoms with Gasteiger partial charge in [-0.15, -0.1) is 0 Å². The highest BCUT2D eigenvalue weighted by molar-refractivity contribution is 5.48. The van der Waals surface area contributed by atoms with Gasteiger partial charge >= 0.3 is 0 Å². The average molecular weight is 210 g/mol. The fourth-order valence-corrected chi connectivity index (χ4v) is 1.84. The van der Waals surface area contributed by atoms with Crippen LogP contribution in [0.2, 0.25) is 0 Å². The van der Waals surface area contributed by atoms with Crippen molar-refractivity contribution in [3.8, 4) is 0 Å². The molecule has 1 unspecified atom stereocenters. The first-order chi connectivity index (χ1) is 7.31. The predicted molar refractivity (Wildman–Crippen MR) is 57.4 cm³/mol. The van der Waals surface area contributed by atoms with E-state index in [1.54, 1.807) is 6.07 Å². The summed E-state index contributed by atoms with van der Waals surface area (Å²) in [4.78, 5) is 2.10. The Morgan fingerprint density at radius 1 is 1.53 bits per heavy atom. The van der Waals surface area contributed by atoms with Crippen molar-refractivity contribution in [2.45, 2.75) is 6.04 Å². The number of hydrogen-bond acceptors (Lipinski definition) is 3. The first kappa shape index (κ1) is 10.4. The number of ether oxygens (including phenoxy) is 1. The van der Waals surface area contributed by atoms with E-state index in [4.69, 9.17) is 10.5 Å². The third kappa shape index (κ3) is 2.27. The van der Waals surface area contributed by atoms with Gasteiger partial charge in [0.1, 0.15) is 5.82 Å². The lowest BCUT2D eigenvalue weighted by molar-refractivity contribution is 0.0962. The van der Waals surface area contributed by atoms with Crippen molar-refractivity contribution in [1.29, 1.82) is 0 Å². The van der Waals surface area contributed by atoms with E-state index in [0.717, 1.165) is 12.2 Å². The number of benzene rings is 1. The van der Waals surface area contributed by atoms with Crippen LogP contribution in [0.1, 0.15) is 0 Å². The lowest BCUT2D eigenvalue weighted by Gasteiger charge is -2.36. The van der Waals surface area contributed by atoms with E-state index in [1.807, 2.05) is 6.07 Å². The zero-order valence-corrected chi connectivity index (χ0v) is 8.53. The van der Waals surface area contributed by atoms with Crippen LogP contribution < -0.4 is 10.6 Å². The normalized spacial score (nSPS) is 21.7. The highest BCUT2D eigenvalue weighted by atomic mass is 19.1. The second kappa shape index (κ2) is 4.59. The number of nitrogens with zero attached hydrogens (tertiary/aromatic N) is 1. The van der Waals surface area contributed by atoms with E-state index in [9.17, 15) is 4.39 Å². The monoisotopic (exact) mass is 210 g/mol. The van der Waals surface area contributed by atoms with E-state index >= 15 is 0 Å². The molecule has 4 heteroatoms. The second-order valence-corrected chi connectivity index (χ2v) is 3.64. The van der Waals surface area contributed by atoms with Gasteiger partial charge in [0.05, 0.1) is 19.3 Å². The number of anilines is 1.